The number of methoxy groups -OCH3 is 1. The van der Waals surface area contributed by atoms with Gasteiger partial charge >= 0.3 is 41.8 Å². The van der Waals surface area contributed by atoms with Crippen LogP contribution < -0.4 is 0 Å². The van der Waals surface area contributed by atoms with Crippen molar-refractivity contribution in [2.24, 2.45) is 21.7 Å². The zero-order valence-corrected chi connectivity index (χ0v) is 44.0. The molecule has 0 aliphatic carbocycles. The van der Waals surface area contributed by atoms with Crippen LogP contribution in [0.15, 0.2) is 91.0 Å². The number of carbonyl (C=O) groups excluding carboxylic acids is 7. The van der Waals surface area contributed by atoms with Gasteiger partial charge in [0.25, 0.3) is 0 Å². The maximum atomic E-state index is 14.1. The van der Waals surface area contributed by atoms with Crippen LogP contribution >= 0.6 is 11.8 Å². The first-order valence-electron chi connectivity index (χ1n) is 23.6. The number of rotatable bonds is 15. The van der Waals surface area contributed by atoms with Crippen LogP contribution in [0.25, 0.3) is 0 Å². The second kappa shape index (κ2) is 23.8. The molecular formula is C54H68O17S. The molecule has 0 amide bonds. The SMILES string of the molecule is CO[C@@H]1O[C@H](CO[C@@H]2S[C@H](COC(=O)C(C)(C)C)[C@@H](OC(=O)C(C)(C)C)[C@H](OC(=O)C(C)(C)C)[C@H]2OC(=O)C(C)(C)C)[C@H](OC(=O)c2ccccc2)[C@H](OC(=O)c2ccccc2)[C@H]1OC(=O)c1ccccc1. The van der Waals surface area contributed by atoms with Crippen LogP contribution in [-0.4, -0.2) is 122 Å². The van der Waals surface area contributed by atoms with Crippen molar-refractivity contribution in [1.29, 1.82) is 0 Å². The molecule has 2 saturated heterocycles. The first-order chi connectivity index (χ1) is 33.6. The van der Waals surface area contributed by atoms with Gasteiger partial charge in [0, 0.05) is 7.11 Å². The van der Waals surface area contributed by atoms with Crippen LogP contribution in [0.3, 0.4) is 0 Å². The Hall–Kier alpha value is -5.82. The monoisotopic (exact) mass is 1020 g/mol. The number of carbonyl (C=O) groups is 7. The highest BCUT2D eigenvalue weighted by Crippen LogP contribution is 2.42. The molecule has 17 nitrogen and oxygen atoms in total. The Morgan fingerprint density at radius 3 is 1.21 bits per heavy atom. The van der Waals surface area contributed by atoms with Crippen molar-refractivity contribution in [3.8, 4) is 0 Å². The van der Waals surface area contributed by atoms with Gasteiger partial charge in [0.05, 0.1) is 50.2 Å². The Balaban J connectivity index is 1.65. The lowest BCUT2D eigenvalue weighted by Crippen LogP contribution is -2.64. The molecular weight excluding hydrogens is 953 g/mol. The van der Waals surface area contributed by atoms with Crippen molar-refractivity contribution in [3.05, 3.63) is 108 Å². The molecule has 0 saturated carbocycles. The third kappa shape index (κ3) is 15.1. The minimum Gasteiger partial charge on any atom is -0.464 e. The highest BCUT2D eigenvalue weighted by Gasteiger charge is 2.57. The minimum absolute atomic E-state index is 0.112. The fourth-order valence-electron chi connectivity index (χ4n) is 6.92. The minimum atomic E-state index is -1.63. The molecule has 3 aromatic carbocycles. The molecule has 0 bridgehead atoms. The van der Waals surface area contributed by atoms with Gasteiger partial charge in [0.2, 0.25) is 0 Å². The molecule has 10 atom stereocenters. The van der Waals surface area contributed by atoms with E-state index in [1.165, 1.54) is 43.5 Å². The summed E-state index contributed by atoms with van der Waals surface area (Å²) < 4.78 is 61.8. The van der Waals surface area contributed by atoms with Crippen molar-refractivity contribution in [2.75, 3.05) is 20.3 Å². The summed E-state index contributed by atoms with van der Waals surface area (Å²) in [4.78, 5) is 97.0. The summed E-state index contributed by atoms with van der Waals surface area (Å²) in [5.74, 6) is -5.36. The molecule has 0 spiro atoms. The van der Waals surface area contributed by atoms with Crippen LogP contribution in [0.2, 0.25) is 0 Å². The van der Waals surface area contributed by atoms with Gasteiger partial charge in [0.1, 0.15) is 18.1 Å². The lowest BCUT2D eigenvalue weighted by atomic mass is 9.94. The maximum Gasteiger partial charge on any atom is 0.338 e. The first kappa shape index (κ1) is 57.1. The molecule has 5 rings (SSSR count). The molecule has 0 aromatic heterocycles. The van der Waals surface area contributed by atoms with E-state index >= 15 is 0 Å². The molecule has 392 valence electrons. The van der Waals surface area contributed by atoms with Crippen molar-refractivity contribution >= 4 is 53.5 Å². The standard InChI is InChI=1S/C54H68O17S/c1-51(2,3)47(58)64-30-35-37(69-48(59)52(4,5)6)39(70-49(60)53(7,8)9)41(71-50(61)54(10,11)12)46(72-35)63-29-34-36(66-42(55)31-23-17-14-18-24-31)38(67-43(56)32-25-19-15-20-26-32)40(45(62-13)65-34)68-44(57)33-27-21-16-22-28-33/h14-28,34-41,45-46H,29-30H2,1-13H3/t34-,35-,36+,37-,38+,39+,40-,41-,45-,46-/m1/s1. The summed E-state index contributed by atoms with van der Waals surface area (Å²) in [5, 5.41) is -1.03. The third-order valence-corrected chi connectivity index (χ3v) is 12.6. The van der Waals surface area contributed by atoms with Crippen molar-refractivity contribution in [1.82, 2.24) is 0 Å². The topological polar surface area (TPSA) is 212 Å². The largest absolute Gasteiger partial charge is 0.464 e. The Kier molecular flexibility index (Phi) is 18.9. The predicted molar refractivity (Wildman–Crippen MR) is 262 cm³/mol. The van der Waals surface area contributed by atoms with Gasteiger partial charge in [-0.1, -0.05) is 54.6 Å². The molecule has 2 aliphatic rings. The smallest absolute Gasteiger partial charge is 0.338 e. The van der Waals surface area contributed by atoms with Crippen LogP contribution in [0.1, 0.15) is 114 Å². The van der Waals surface area contributed by atoms with E-state index in [1.54, 1.807) is 138 Å². The number of esters is 7. The predicted octanol–water partition coefficient (Wildman–Crippen LogP) is 7.96. The number of thioether (sulfide) groups is 1. The van der Waals surface area contributed by atoms with E-state index in [-0.39, 0.29) is 23.3 Å². The van der Waals surface area contributed by atoms with E-state index in [4.69, 9.17) is 47.4 Å². The van der Waals surface area contributed by atoms with Crippen LogP contribution in [-0.2, 0) is 66.5 Å². The van der Waals surface area contributed by atoms with Gasteiger partial charge in [-0.05, 0) is 119 Å². The van der Waals surface area contributed by atoms with Gasteiger partial charge in [-0.15, -0.1) is 11.8 Å². The average molecular weight is 1020 g/mol. The zero-order valence-electron chi connectivity index (χ0n) is 43.2. The van der Waals surface area contributed by atoms with Crippen molar-refractivity contribution < 1.29 is 80.9 Å². The fourth-order valence-corrected chi connectivity index (χ4v) is 8.29. The number of benzene rings is 3. The van der Waals surface area contributed by atoms with E-state index in [1.807, 2.05) is 0 Å². The highest BCUT2D eigenvalue weighted by atomic mass is 32.2. The lowest BCUT2D eigenvalue weighted by Gasteiger charge is -2.47. The molecule has 0 N–H and O–H groups in total. The summed E-state index contributed by atoms with van der Waals surface area (Å²) in [7, 11) is 1.27. The fraction of sp³-hybridized carbons (Fsp3) is 0.537. The second-order valence-electron chi connectivity index (χ2n) is 21.6. The third-order valence-electron chi connectivity index (χ3n) is 11.2. The Morgan fingerprint density at radius 2 is 0.806 bits per heavy atom. The molecule has 2 aliphatic heterocycles. The molecule has 2 heterocycles. The zero-order chi connectivity index (χ0) is 53.3. The Bertz CT molecular complexity index is 2350. The molecule has 0 radical (unpaired) electrons. The van der Waals surface area contributed by atoms with E-state index in [0.29, 0.717) is 0 Å². The number of hydrogen-bond acceptors (Lipinski definition) is 18. The number of ether oxygens (including phenoxy) is 10. The van der Waals surface area contributed by atoms with Crippen LogP contribution in [0, 0.1) is 21.7 Å². The quantitative estimate of drug-likeness (QED) is 0.104. The van der Waals surface area contributed by atoms with Gasteiger partial charge in [0.15, 0.2) is 42.9 Å². The van der Waals surface area contributed by atoms with E-state index in [2.05, 4.69) is 0 Å². The van der Waals surface area contributed by atoms with Crippen LogP contribution in [0.5, 0.6) is 0 Å². The molecule has 18 heteroatoms. The molecule has 0 unspecified atom stereocenters. The summed E-state index contributed by atoms with van der Waals surface area (Å²) in [6.07, 6.45) is -12.2. The summed E-state index contributed by atoms with van der Waals surface area (Å²) in [6.45, 7) is 18.7. The first-order valence-corrected chi connectivity index (χ1v) is 24.6. The van der Waals surface area contributed by atoms with Crippen molar-refractivity contribution in [2.45, 2.75) is 143 Å². The average Bonchev–Trinajstić information content (AvgIpc) is 3.32. The maximum absolute atomic E-state index is 14.1. The summed E-state index contributed by atoms with van der Waals surface area (Å²) in [6, 6.07) is 23.9. The Labute approximate surface area is 425 Å². The number of hydrogen-bond donors (Lipinski definition) is 0. The van der Waals surface area contributed by atoms with Gasteiger partial charge in [-0.3, -0.25) is 19.2 Å². The van der Waals surface area contributed by atoms with E-state index in [0.717, 1.165) is 11.8 Å². The van der Waals surface area contributed by atoms with E-state index < -0.39 is 130 Å². The Morgan fingerprint density at radius 1 is 0.444 bits per heavy atom. The van der Waals surface area contributed by atoms with Gasteiger partial charge < -0.3 is 47.4 Å². The van der Waals surface area contributed by atoms with Crippen molar-refractivity contribution in [3.63, 3.8) is 0 Å². The highest BCUT2D eigenvalue weighted by molar-refractivity contribution is 8.00. The molecule has 2 fully saturated rings. The van der Waals surface area contributed by atoms with Gasteiger partial charge in [-0.25, -0.2) is 14.4 Å². The summed E-state index contributed by atoms with van der Waals surface area (Å²) in [5.41, 5.74) is -5.24. The van der Waals surface area contributed by atoms with Gasteiger partial charge in [-0.2, -0.15) is 0 Å². The van der Waals surface area contributed by atoms with E-state index in [9.17, 15) is 33.6 Å². The summed E-state index contributed by atoms with van der Waals surface area (Å²) >= 11 is 0.972. The normalized spacial score (nSPS) is 24.7. The lowest BCUT2D eigenvalue weighted by molar-refractivity contribution is -0.295. The molecule has 72 heavy (non-hydrogen) atoms. The second-order valence-corrected chi connectivity index (χ2v) is 22.9. The molecule has 3 aromatic rings. The van der Waals surface area contributed by atoms with Crippen LogP contribution in [0.4, 0.5) is 0 Å².